The Morgan fingerprint density at radius 2 is 1.73 bits per heavy atom. The van der Waals surface area contributed by atoms with Crippen molar-refractivity contribution in [3.05, 3.63) is 71.4 Å². The molecule has 3 amide bonds. The third-order valence-electron chi connectivity index (χ3n) is 4.42. The van der Waals surface area contributed by atoms with Crippen LogP contribution in [0.3, 0.4) is 0 Å². The summed E-state index contributed by atoms with van der Waals surface area (Å²) in [6.45, 7) is 1.91. The fourth-order valence-electron chi connectivity index (χ4n) is 2.94. The van der Waals surface area contributed by atoms with E-state index in [0.717, 1.165) is 11.3 Å². The van der Waals surface area contributed by atoms with Gasteiger partial charge in [0.05, 0.1) is 10.9 Å². The number of fused-ring (bicyclic) bond motifs is 1. The van der Waals surface area contributed by atoms with Gasteiger partial charge in [-0.15, -0.1) is 11.3 Å². The summed E-state index contributed by atoms with van der Waals surface area (Å²) in [5.41, 5.74) is 9.07. The molecule has 8 nitrogen and oxygen atoms in total. The molecule has 0 aliphatic carbocycles. The van der Waals surface area contributed by atoms with Crippen LogP contribution in [0.4, 0.5) is 27.7 Å². The van der Waals surface area contributed by atoms with Crippen molar-refractivity contribution < 1.29 is 9.59 Å². The number of urea groups is 1. The highest BCUT2D eigenvalue weighted by Crippen LogP contribution is 2.28. The first-order chi connectivity index (χ1) is 14.5. The summed E-state index contributed by atoms with van der Waals surface area (Å²) < 4.78 is 0. The highest BCUT2D eigenvalue weighted by Gasteiger charge is 2.16. The summed E-state index contributed by atoms with van der Waals surface area (Å²) in [5.74, 6) is -0.0704. The smallest absolute Gasteiger partial charge is 0.323 e. The van der Waals surface area contributed by atoms with Crippen LogP contribution in [0.2, 0.25) is 0 Å². The van der Waals surface area contributed by atoms with E-state index in [2.05, 4.69) is 25.9 Å². The monoisotopic (exact) mass is 418 g/mol. The molecule has 2 aromatic carbocycles. The van der Waals surface area contributed by atoms with Crippen LogP contribution in [0.1, 0.15) is 15.9 Å². The standard InChI is InChI=1S/C21H18N6O2S/c1-12-5-2-3-8-16(12)27-21(29)26-14-7-4-6-13(9-14)25-19(28)15-10-30-20-17(15)18(22)23-11-24-20/h2-11H,1H3,(H,25,28)(H2,22,23,24)(H2,26,27,29). The zero-order valence-corrected chi connectivity index (χ0v) is 16.8. The van der Waals surface area contributed by atoms with Gasteiger partial charge < -0.3 is 21.7 Å². The number of hydrogen-bond donors (Lipinski definition) is 4. The summed E-state index contributed by atoms with van der Waals surface area (Å²) in [4.78, 5) is 33.8. The number of carbonyl (C=O) groups is 2. The number of aryl methyl sites for hydroxylation is 1. The molecule has 150 valence electrons. The number of para-hydroxylation sites is 1. The van der Waals surface area contributed by atoms with Crippen LogP contribution >= 0.6 is 11.3 Å². The number of carbonyl (C=O) groups excluding carboxylic acids is 2. The number of hydrogen-bond acceptors (Lipinski definition) is 6. The molecule has 5 N–H and O–H groups in total. The third kappa shape index (κ3) is 4.06. The maximum absolute atomic E-state index is 12.7. The molecule has 4 rings (SSSR count). The molecule has 2 aromatic heterocycles. The maximum Gasteiger partial charge on any atom is 0.323 e. The number of amides is 3. The maximum atomic E-state index is 12.7. The van der Waals surface area contributed by atoms with Gasteiger partial charge in [-0.05, 0) is 36.8 Å². The van der Waals surface area contributed by atoms with Crippen LogP contribution in [0.15, 0.2) is 60.2 Å². The second kappa shape index (κ2) is 8.18. The van der Waals surface area contributed by atoms with Crippen molar-refractivity contribution in [1.82, 2.24) is 9.97 Å². The molecule has 0 saturated heterocycles. The Bertz CT molecular complexity index is 1250. The third-order valence-corrected chi connectivity index (χ3v) is 5.30. The average Bonchev–Trinajstić information content (AvgIpc) is 3.16. The highest BCUT2D eigenvalue weighted by atomic mass is 32.1. The van der Waals surface area contributed by atoms with Crippen LogP contribution in [-0.4, -0.2) is 21.9 Å². The summed E-state index contributed by atoms with van der Waals surface area (Å²) >= 11 is 1.32. The minimum absolute atomic E-state index is 0.259. The van der Waals surface area contributed by atoms with Gasteiger partial charge in [-0.25, -0.2) is 14.8 Å². The van der Waals surface area contributed by atoms with E-state index in [1.54, 1.807) is 29.6 Å². The van der Waals surface area contributed by atoms with Gasteiger partial charge >= 0.3 is 6.03 Å². The molecular weight excluding hydrogens is 400 g/mol. The lowest BCUT2D eigenvalue weighted by Crippen LogP contribution is -2.20. The average molecular weight is 418 g/mol. The summed E-state index contributed by atoms with van der Waals surface area (Å²) in [7, 11) is 0. The molecule has 0 unspecified atom stereocenters. The number of benzene rings is 2. The molecule has 0 radical (unpaired) electrons. The van der Waals surface area contributed by atoms with Crippen LogP contribution in [0.5, 0.6) is 0 Å². The summed E-state index contributed by atoms with van der Waals surface area (Å²) in [6.07, 6.45) is 1.37. The molecule has 0 aliphatic rings. The SMILES string of the molecule is Cc1ccccc1NC(=O)Nc1cccc(NC(=O)c2csc3ncnc(N)c23)c1. The normalized spacial score (nSPS) is 10.6. The van der Waals surface area contributed by atoms with Crippen LogP contribution in [0.25, 0.3) is 10.2 Å². The number of nitrogen functional groups attached to an aromatic ring is 1. The Labute approximate surface area is 176 Å². The molecule has 0 saturated carbocycles. The Kier molecular flexibility index (Phi) is 5.27. The van der Waals surface area contributed by atoms with Crippen molar-refractivity contribution in [3.63, 3.8) is 0 Å². The van der Waals surface area contributed by atoms with E-state index >= 15 is 0 Å². The van der Waals surface area contributed by atoms with Gasteiger partial charge in [-0.2, -0.15) is 0 Å². The zero-order chi connectivity index (χ0) is 21.1. The molecule has 30 heavy (non-hydrogen) atoms. The van der Waals surface area contributed by atoms with Crippen LogP contribution < -0.4 is 21.7 Å². The lowest BCUT2D eigenvalue weighted by Gasteiger charge is -2.11. The molecular formula is C21H18N6O2S. The minimum Gasteiger partial charge on any atom is -0.383 e. The molecule has 4 aromatic rings. The first-order valence-electron chi connectivity index (χ1n) is 9.04. The predicted molar refractivity (Wildman–Crippen MR) is 120 cm³/mol. The van der Waals surface area contributed by atoms with E-state index in [1.165, 1.54) is 17.7 Å². The van der Waals surface area contributed by atoms with Crippen molar-refractivity contribution in [2.45, 2.75) is 6.92 Å². The minimum atomic E-state index is -0.374. The van der Waals surface area contributed by atoms with Crippen molar-refractivity contribution in [2.75, 3.05) is 21.7 Å². The zero-order valence-electron chi connectivity index (χ0n) is 16.0. The van der Waals surface area contributed by atoms with Gasteiger partial charge in [-0.1, -0.05) is 24.3 Å². The largest absolute Gasteiger partial charge is 0.383 e. The van der Waals surface area contributed by atoms with E-state index in [0.29, 0.717) is 27.2 Å². The van der Waals surface area contributed by atoms with Gasteiger partial charge in [0, 0.05) is 22.4 Å². The predicted octanol–water partition coefficient (Wildman–Crippen LogP) is 4.48. The van der Waals surface area contributed by atoms with Crippen molar-refractivity contribution in [3.8, 4) is 0 Å². The molecule has 0 spiro atoms. The highest BCUT2D eigenvalue weighted by molar-refractivity contribution is 7.17. The second-order valence-corrected chi connectivity index (χ2v) is 7.38. The Morgan fingerprint density at radius 3 is 2.53 bits per heavy atom. The van der Waals surface area contributed by atoms with Crippen LogP contribution in [-0.2, 0) is 0 Å². The molecule has 0 fully saturated rings. The molecule has 0 aliphatic heterocycles. The Hall–Kier alpha value is -3.98. The van der Waals surface area contributed by atoms with Crippen LogP contribution in [0, 0.1) is 6.92 Å². The van der Waals surface area contributed by atoms with Gasteiger partial charge in [0.2, 0.25) is 0 Å². The van der Waals surface area contributed by atoms with E-state index in [4.69, 9.17) is 5.73 Å². The van der Waals surface area contributed by atoms with E-state index in [1.807, 2.05) is 31.2 Å². The van der Waals surface area contributed by atoms with E-state index < -0.39 is 0 Å². The number of aromatic nitrogens is 2. The summed E-state index contributed by atoms with van der Waals surface area (Å²) in [6, 6.07) is 14.0. The summed E-state index contributed by atoms with van der Waals surface area (Å²) in [5, 5.41) is 10.6. The first-order valence-corrected chi connectivity index (χ1v) is 9.92. The van der Waals surface area contributed by atoms with Gasteiger partial charge in [-0.3, -0.25) is 4.79 Å². The van der Waals surface area contributed by atoms with Crippen molar-refractivity contribution in [2.24, 2.45) is 0 Å². The Morgan fingerprint density at radius 1 is 0.967 bits per heavy atom. The second-order valence-electron chi connectivity index (χ2n) is 6.52. The number of nitrogens with one attached hydrogen (secondary N) is 3. The topological polar surface area (TPSA) is 122 Å². The lowest BCUT2D eigenvalue weighted by molar-refractivity contribution is 0.102. The molecule has 9 heteroatoms. The number of anilines is 4. The van der Waals surface area contributed by atoms with Crippen molar-refractivity contribution >= 4 is 56.4 Å². The van der Waals surface area contributed by atoms with Gasteiger partial charge in [0.15, 0.2) is 0 Å². The van der Waals surface area contributed by atoms with Gasteiger partial charge in [0.1, 0.15) is 17.0 Å². The fraction of sp³-hybridized carbons (Fsp3) is 0.0476. The fourth-order valence-corrected chi connectivity index (χ4v) is 3.83. The number of rotatable bonds is 4. The number of thiophene rings is 1. The van der Waals surface area contributed by atoms with Gasteiger partial charge in [0.25, 0.3) is 5.91 Å². The quantitative estimate of drug-likeness (QED) is 0.389. The molecule has 2 heterocycles. The van der Waals surface area contributed by atoms with E-state index in [-0.39, 0.29) is 17.8 Å². The number of nitrogens with two attached hydrogens (primary N) is 1. The lowest BCUT2D eigenvalue weighted by atomic mass is 10.2. The molecule has 0 bridgehead atoms. The first kappa shape index (κ1) is 19.3. The Balaban J connectivity index is 1.47. The van der Waals surface area contributed by atoms with Crippen molar-refractivity contribution in [1.29, 1.82) is 0 Å². The van der Waals surface area contributed by atoms with E-state index in [9.17, 15) is 9.59 Å². The number of nitrogens with zero attached hydrogens (tertiary/aromatic N) is 2. The molecule has 0 atom stereocenters.